The Kier molecular flexibility index (Phi) is 15.6. The third-order valence-corrected chi connectivity index (χ3v) is 12.1. The third-order valence-electron chi connectivity index (χ3n) is 11.8. The van der Waals surface area contributed by atoms with Crippen molar-refractivity contribution < 1.29 is 57.0 Å². The van der Waals surface area contributed by atoms with Gasteiger partial charge in [0.25, 0.3) is 11.8 Å². The van der Waals surface area contributed by atoms with Crippen molar-refractivity contribution >= 4 is 52.5 Å². The number of carbonyl (C=O) groups is 5. The van der Waals surface area contributed by atoms with Crippen LogP contribution in [0.5, 0.6) is 0 Å². The zero-order valence-corrected chi connectivity index (χ0v) is 38.1. The summed E-state index contributed by atoms with van der Waals surface area (Å²) in [7, 11) is 3.22. The van der Waals surface area contributed by atoms with E-state index < -0.39 is 29.0 Å². The maximum atomic E-state index is 13.3. The first-order valence-corrected chi connectivity index (χ1v) is 21.5. The van der Waals surface area contributed by atoms with Gasteiger partial charge in [-0.1, -0.05) is 54.1 Å². The van der Waals surface area contributed by atoms with Crippen LogP contribution in [-0.4, -0.2) is 96.4 Å². The van der Waals surface area contributed by atoms with E-state index in [2.05, 4.69) is 15.4 Å². The molecule has 0 aromatic heterocycles. The fraction of sp³-hybridized carbons (Fsp3) is 0.327. The van der Waals surface area contributed by atoms with Crippen molar-refractivity contribution in [2.75, 3.05) is 40.4 Å². The zero-order chi connectivity index (χ0) is 47.9. The Balaban J connectivity index is 0.000000192. The molecule has 4 aliphatic heterocycles. The van der Waals surface area contributed by atoms with Gasteiger partial charge in [0.15, 0.2) is 0 Å². The summed E-state index contributed by atoms with van der Waals surface area (Å²) in [6.45, 7) is 8.01. The first kappa shape index (κ1) is 49.1. The minimum Gasteiger partial charge on any atom is -0.509 e. The molecule has 14 nitrogen and oxygen atoms in total. The van der Waals surface area contributed by atoms with Crippen molar-refractivity contribution in [3.63, 3.8) is 0 Å². The first-order valence-electron chi connectivity index (χ1n) is 21.1. The normalized spacial score (nSPS) is 17.7. The Morgan fingerprint density at radius 1 is 0.621 bits per heavy atom. The summed E-state index contributed by atoms with van der Waals surface area (Å²) in [6, 6.07) is 23.2. The lowest BCUT2D eigenvalue weighted by Crippen LogP contribution is -2.53. The van der Waals surface area contributed by atoms with E-state index in [0.717, 1.165) is 27.8 Å². The predicted molar refractivity (Wildman–Crippen MR) is 241 cm³/mol. The van der Waals surface area contributed by atoms with Crippen LogP contribution in [0.1, 0.15) is 63.1 Å². The summed E-state index contributed by atoms with van der Waals surface area (Å²) in [4.78, 5) is 68.1. The quantitative estimate of drug-likeness (QED) is 0.122. The number of benzene rings is 4. The molecular weight excluding hydrogens is 878 g/mol. The molecule has 66 heavy (non-hydrogen) atoms. The number of hydrogen-bond acceptors (Lipinski definition) is 12. The van der Waals surface area contributed by atoms with Crippen molar-refractivity contribution in [1.29, 1.82) is 0 Å². The summed E-state index contributed by atoms with van der Waals surface area (Å²) in [5, 5.41) is 21.0. The lowest BCUT2D eigenvalue weighted by molar-refractivity contribution is -0.156. The van der Waals surface area contributed by atoms with E-state index in [4.69, 9.17) is 26.0 Å². The van der Waals surface area contributed by atoms with E-state index >= 15 is 0 Å². The number of hydrogen-bond donors (Lipinski definition) is 3. The molecule has 4 heterocycles. The van der Waals surface area contributed by atoms with E-state index in [1.165, 1.54) is 45.0 Å². The Bertz CT molecular complexity index is 2550. The molecule has 0 bridgehead atoms. The monoisotopic (exact) mass is 928 g/mol. The van der Waals surface area contributed by atoms with Crippen molar-refractivity contribution in [3.8, 4) is 22.3 Å². The third kappa shape index (κ3) is 11.0. The highest BCUT2D eigenvalue weighted by Crippen LogP contribution is 2.43. The number of ether oxygens (including phenoxy) is 2. The molecule has 2 fully saturated rings. The molecule has 4 aromatic rings. The van der Waals surface area contributed by atoms with Gasteiger partial charge < -0.3 is 34.9 Å². The molecule has 3 N–H and O–H groups in total. The highest BCUT2D eigenvalue weighted by atomic mass is 35.5. The Hall–Kier alpha value is -6.30. The van der Waals surface area contributed by atoms with Crippen molar-refractivity contribution in [2.45, 2.75) is 64.5 Å². The average molecular weight is 929 g/mol. The molecular formula is C49H51ClF2N4O10. The van der Waals surface area contributed by atoms with Crippen LogP contribution < -0.4 is 10.6 Å². The molecule has 0 aliphatic carbocycles. The van der Waals surface area contributed by atoms with Crippen molar-refractivity contribution in [1.82, 2.24) is 20.8 Å². The van der Waals surface area contributed by atoms with Crippen molar-refractivity contribution in [3.05, 3.63) is 130 Å². The van der Waals surface area contributed by atoms with Crippen LogP contribution in [-0.2, 0) is 43.1 Å². The van der Waals surface area contributed by atoms with E-state index in [9.17, 15) is 37.9 Å². The van der Waals surface area contributed by atoms with Gasteiger partial charge in [-0.2, -0.15) is 10.1 Å². The van der Waals surface area contributed by atoms with E-state index in [1.807, 2.05) is 30.2 Å². The molecule has 2 saturated heterocycles. The van der Waals surface area contributed by atoms with Crippen LogP contribution >= 0.6 is 11.6 Å². The van der Waals surface area contributed by atoms with Gasteiger partial charge in [0.05, 0.1) is 25.4 Å². The average Bonchev–Trinajstić information content (AvgIpc) is 3.67. The number of aliphatic hydroxyl groups is 1. The number of esters is 3. The molecule has 4 aromatic carbocycles. The fourth-order valence-electron chi connectivity index (χ4n) is 8.42. The minimum atomic E-state index is -0.795. The topological polar surface area (TPSA) is 173 Å². The van der Waals surface area contributed by atoms with Gasteiger partial charge in [0, 0.05) is 57.5 Å². The highest BCUT2D eigenvalue weighted by molar-refractivity contribution is 6.36. The number of hydroxylamine groups is 4. The van der Waals surface area contributed by atoms with Gasteiger partial charge in [-0.3, -0.25) is 24.0 Å². The summed E-state index contributed by atoms with van der Waals surface area (Å²) >= 11 is 6.38. The highest BCUT2D eigenvalue weighted by Gasteiger charge is 2.50. The molecule has 2 amide bonds. The molecule has 0 saturated carbocycles. The number of piperidine rings is 2. The number of carbonyl (C=O) groups excluding carboxylic acids is 5. The molecule has 348 valence electrons. The molecule has 4 aliphatic rings. The van der Waals surface area contributed by atoms with Gasteiger partial charge in [0.2, 0.25) is 0 Å². The second-order valence-electron chi connectivity index (χ2n) is 16.1. The smallest absolute Gasteiger partial charge is 0.310 e. The van der Waals surface area contributed by atoms with Crippen LogP contribution in [0.4, 0.5) is 8.78 Å². The Morgan fingerprint density at radius 2 is 1.05 bits per heavy atom. The van der Waals surface area contributed by atoms with Crippen LogP contribution in [0, 0.1) is 18.6 Å². The minimum absolute atomic E-state index is 0.0198. The number of nitrogens with one attached hydrogen (secondary N) is 2. The van der Waals surface area contributed by atoms with Gasteiger partial charge in [0.1, 0.15) is 34.2 Å². The maximum absolute atomic E-state index is 13.3. The number of aliphatic hydroxyl groups excluding tert-OH is 1. The number of halogens is 3. The first-order chi connectivity index (χ1) is 31.4. The van der Waals surface area contributed by atoms with Crippen LogP contribution in [0.25, 0.3) is 33.4 Å². The molecule has 0 radical (unpaired) electrons. The van der Waals surface area contributed by atoms with Crippen molar-refractivity contribution in [2.24, 2.45) is 0 Å². The lowest BCUT2D eigenvalue weighted by Gasteiger charge is -2.38. The van der Waals surface area contributed by atoms with Gasteiger partial charge >= 0.3 is 17.9 Å². The van der Waals surface area contributed by atoms with Gasteiger partial charge in [-0.15, -0.1) is 0 Å². The second-order valence-corrected chi connectivity index (χ2v) is 16.5. The zero-order valence-electron chi connectivity index (χ0n) is 37.4. The van der Waals surface area contributed by atoms with E-state index in [-0.39, 0.29) is 34.8 Å². The Labute approximate surface area is 386 Å². The molecule has 8 rings (SSSR count). The number of nitrogens with zero attached hydrogens (tertiary/aromatic N) is 2. The van der Waals surface area contributed by atoms with Crippen LogP contribution in [0.3, 0.4) is 0 Å². The van der Waals surface area contributed by atoms with E-state index in [1.54, 1.807) is 61.7 Å². The number of amides is 2. The molecule has 17 heteroatoms. The Morgan fingerprint density at radius 3 is 1.50 bits per heavy atom. The van der Waals surface area contributed by atoms with Crippen LogP contribution in [0.15, 0.2) is 96.4 Å². The fourth-order valence-corrected chi connectivity index (χ4v) is 8.63. The molecule has 0 unspecified atom stereocenters. The second kappa shape index (κ2) is 20.9. The standard InChI is InChI=1S/C24H25FN2O4.C21H20ClFN2O3.C4H6O3/c1-15-4-5-18(17-6-8-19(25)9-7-17)14-20(15)21-22(31-16(2)28)24(26-23(21)29)10-12-27(30-3)13-11-24;1-28-25-10-8-21(9-11-25)19(26)18(20(27)24-21)16-12-14(4-7-17(16)22)13-2-5-15(23)6-3-13;1-3(5)7-4(2)6/h4-9,14H,10-13H2,1-3H3,(H,26,29);2-7,12,26H,8-11H2,1H3,(H,24,27);1-2H3. The SMILES string of the molecule is CC(=O)OC(C)=O.CON1CCC2(CC1)NC(=O)C(c1cc(-c3ccc(F)cc3)ccc1C)=C2OC(C)=O.CON1CCC2(CC1)NC(=O)C(c1cc(-c3ccc(F)cc3)ccc1Cl)=C2O. The number of rotatable bonds is 7. The van der Waals surface area contributed by atoms with E-state index in [0.29, 0.717) is 79.3 Å². The summed E-state index contributed by atoms with van der Waals surface area (Å²) in [6.07, 6.45) is 2.21. The van der Waals surface area contributed by atoms with Gasteiger partial charge in [-0.25, -0.2) is 8.78 Å². The maximum Gasteiger partial charge on any atom is 0.310 e. The lowest BCUT2D eigenvalue weighted by atomic mass is 9.85. The molecule has 2 spiro atoms. The summed E-state index contributed by atoms with van der Waals surface area (Å²) < 4.78 is 36.2. The summed E-state index contributed by atoms with van der Waals surface area (Å²) in [5.74, 6) is -2.44. The number of aryl methyl sites for hydroxylation is 1. The summed E-state index contributed by atoms with van der Waals surface area (Å²) in [5.41, 5.74) is 4.32. The molecule has 0 atom stereocenters. The van der Waals surface area contributed by atoms with Crippen LogP contribution in [0.2, 0.25) is 5.02 Å². The predicted octanol–water partition coefficient (Wildman–Crippen LogP) is 7.64. The van der Waals surface area contributed by atoms with Gasteiger partial charge in [-0.05, 0) is 108 Å². The largest absolute Gasteiger partial charge is 0.509 e.